The Morgan fingerprint density at radius 3 is 2.95 bits per heavy atom. The summed E-state index contributed by atoms with van der Waals surface area (Å²) in [7, 11) is 0. The number of rotatable bonds is 3. The number of likely N-dealkylation sites (tertiary alicyclic amines) is 1. The van der Waals surface area contributed by atoms with Crippen molar-refractivity contribution in [1.82, 2.24) is 19.5 Å². The lowest BCUT2D eigenvalue weighted by molar-refractivity contribution is 0.0775. The minimum Gasteiger partial charge on any atom is -0.472 e. The Hall–Kier alpha value is -2.02. The summed E-state index contributed by atoms with van der Waals surface area (Å²) in [5.41, 5.74) is 1.79. The molecule has 1 saturated heterocycles. The molecule has 21 heavy (non-hydrogen) atoms. The Morgan fingerprint density at radius 2 is 2.29 bits per heavy atom. The SMILES string of the molecule is Cc1ccc(OC2CCN(C(=O)c3snnc3C)C2)nc1. The number of hydrogen-bond acceptors (Lipinski definition) is 6. The number of hydrogen-bond donors (Lipinski definition) is 0. The Kier molecular flexibility index (Phi) is 3.83. The van der Waals surface area contributed by atoms with E-state index in [9.17, 15) is 4.79 Å². The summed E-state index contributed by atoms with van der Waals surface area (Å²) in [5, 5.41) is 3.88. The molecule has 110 valence electrons. The van der Waals surface area contributed by atoms with Crippen molar-refractivity contribution in [2.24, 2.45) is 0 Å². The van der Waals surface area contributed by atoms with Gasteiger partial charge in [0.15, 0.2) is 0 Å². The van der Waals surface area contributed by atoms with Gasteiger partial charge >= 0.3 is 0 Å². The topological polar surface area (TPSA) is 68.2 Å². The lowest BCUT2D eigenvalue weighted by atomic mass is 10.3. The molecule has 1 aliphatic rings. The number of amides is 1. The third kappa shape index (κ3) is 3.02. The van der Waals surface area contributed by atoms with E-state index >= 15 is 0 Å². The highest BCUT2D eigenvalue weighted by atomic mass is 32.1. The van der Waals surface area contributed by atoms with E-state index in [1.54, 1.807) is 18.0 Å². The van der Waals surface area contributed by atoms with Crippen molar-refractivity contribution in [2.75, 3.05) is 13.1 Å². The molecule has 1 unspecified atom stereocenters. The van der Waals surface area contributed by atoms with Crippen LogP contribution in [0.5, 0.6) is 5.88 Å². The van der Waals surface area contributed by atoms with E-state index < -0.39 is 0 Å². The molecular formula is C14H16N4O2S. The first-order valence-electron chi connectivity index (χ1n) is 6.81. The highest BCUT2D eigenvalue weighted by Crippen LogP contribution is 2.20. The molecule has 7 heteroatoms. The number of aryl methyl sites for hydroxylation is 2. The van der Waals surface area contributed by atoms with Crippen LogP contribution in [-0.2, 0) is 0 Å². The van der Waals surface area contributed by atoms with E-state index in [0.29, 0.717) is 29.5 Å². The van der Waals surface area contributed by atoms with Crippen LogP contribution in [0.3, 0.4) is 0 Å². The summed E-state index contributed by atoms with van der Waals surface area (Å²) in [6.45, 7) is 5.05. The molecule has 1 fully saturated rings. The third-order valence-electron chi connectivity index (χ3n) is 3.45. The fourth-order valence-corrected chi connectivity index (χ4v) is 2.90. The number of aromatic nitrogens is 3. The van der Waals surface area contributed by atoms with Gasteiger partial charge in [-0.1, -0.05) is 10.6 Å². The van der Waals surface area contributed by atoms with Crippen LogP contribution in [0.25, 0.3) is 0 Å². The summed E-state index contributed by atoms with van der Waals surface area (Å²) in [5.74, 6) is 0.598. The second kappa shape index (κ2) is 5.77. The molecule has 3 rings (SSSR count). The Labute approximate surface area is 126 Å². The third-order valence-corrected chi connectivity index (χ3v) is 4.27. The van der Waals surface area contributed by atoms with Crippen molar-refractivity contribution in [3.05, 3.63) is 34.5 Å². The lowest BCUT2D eigenvalue weighted by Crippen LogP contribution is -2.30. The predicted octanol–water partition coefficient (Wildman–Crippen LogP) is 1.84. The largest absolute Gasteiger partial charge is 0.472 e. The molecule has 0 spiro atoms. The molecule has 1 aliphatic heterocycles. The molecule has 3 heterocycles. The number of ether oxygens (including phenoxy) is 1. The van der Waals surface area contributed by atoms with Gasteiger partial charge in [-0.25, -0.2) is 4.98 Å². The van der Waals surface area contributed by atoms with Gasteiger partial charge in [0.05, 0.1) is 12.2 Å². The zero-order valence-corrected chi connectivity index (χ0v) is 12.8. The molecule has 0 bridgehead atoms. The number of pyridine rings is 1. The normalized spacial score (nSPS) is 18.0. The van der Waals surface area contributed by atoms with Gasteiger partial charge in [0.2, 0.25) is 5.88 Å². The first-order valence-corrected chi connectivity index (χ1v) is 7.58. The van der Waals surface area contributed by atoms with E-state index in [2.05, 4.69) is 14.6 Å². The second-order valence-electron chi connectivity index (χ2n) is 5.14. The minimum absolute atomic E-state index is 0.00883. The fraction of sp³-hybridized carbons (Fsp3) is 0.429. The van der Waals surface area contributed by atoms with E-state index in [-0.39, 0.29) is 12.0 Å². The van der Waals surface area contributed by atoms with E-state index in [4.69, 9.17) is 4.74 Å². The summed E-state index contributed by atoms with van der Waals surface area (Å²) in [6, 6.07) is 3.82. The molecule has 2 aromatic rings. The molecular weight excluding hydrogens is 288 g/mol. The lowest BCUT2D eigenvalue weighted by Gasteiger charge is -2.16. The molecule has 0 radical (unpaired) electrons. The van der Waals surface area contributed by atoms with Gasteiger partial charge in [0, 0.05) is 25.2 Å². The second-order valence-corrected chi connectivity index (χ2v) is 5.90. The Morgan fingerprint density at radius 1 is 1.43 bits per heavy atom. The van der Waals surface area contributed by atoms with Crippen molar-refractivity contribution in [2.45, 2.75) is 26.4 Å². The van der Waals surface area contributed by atoms with Crippen LogP contribution >= 0.6 is 11.5 Å². The smallest absolute Gasteiger partial charge is 0.267 e. The molecule has 0 aromatic carbocycles. The van der Waals surface area contributed by atoms with Crippen molar-refractivity contribution >= 4 is 17.4 Å². The van der Waals surface area contributed by atoms with Crippen LogP contribution in [0.1, 0.15) is 27.3 Å². The average molecular weight is 304 g/mol. The van der Waals surface area contributed by atoms with Crippen LogP contribution in [0.2, 0.25) is 0 Å². The maximum atomic E-state index is 12.4. The van der Waals surface area contributed by atoms with Gasteiger partial charge in [0.1, 0.15) is 11.0 Å². The van der Waals surface area contributed by atoms with Crippen LogP contribution in [0.4, 0.5) is 0 Å². The highest BCUT2D eigenvalue weighted by Gasteiger charge is 2.30. The zero-order valence-electron chi connectivity index (χ0n) is 11.9. The molecule has 1 amide bonds. The van der Waals surface area contributed by atoms with Crippen molar-refractivity contribution in [1.29, 1.82) is 0 Å². The number of nitrogens with zero attached hydrogens (tertiary/aromatic N) is 4. The number of carbonyl (C=O) groups excluding carboxylic acids is 1. The van der Waals surface area contributed by atoms with Gasteiger partial charge in [-0.05, 0) is 30.9 Å². The molecule has 0 saturated carbocycles. The highest BCUT2D eigenvalue weighted by molar-refractivity contribution is 7.07. The summed E-state index contributed by atoms with van der Waals surface area (Å²) >= 11 is 1.15. The first kappa shape index (κ1) is 13.9. The van der Waals surface area contributed by atoms with Gasteiger partial charge in [-0.2, -0.15) is 0 Å². The van der Waals surface area contributed by atoms with Crippen LogP contribution in [0.15, 0.2) is 18.3 Å². The molecule has 2 aromatic heterocycles. The Balaban J connectivity index is 1.62. The zero-order chi connectivity index (χ0) is 14.8. The Bertz CT molecular complexity index is 641. The monoisotopic (exact) mass is 304 g/mol. The van der Waals surface area contributed by atoms with Gasteiger partial charge in [-0.15, -0.1) is 5.10 Å². The average Bonchev–Trinajstić information content (AvgIpc) is 3.10. The maximum absolute atomic E-state index is 12.4. The molecule has 1 atom stereocenters. The van der Waals surface area contributed by atoms with E-state index in [1.807, 2.05) is 19.1 Å². The fourth-order valence-electron chi connectivity index (χ4n) is 2.27. The maximum Gasteiger partial charge on any atom is 0.267 e. The van der Waals surface area contributed by atoms with Gasteiger partial charge < -0.3 is 9.64 Å². The van der Waals surface area contributed by atoms with Crippen molar-refractivity contribution in [3.63, 3.8) is 0 Å². The van der Waals surface area contributed by atoms with E-state index in [1.165, 1.54) is 0 Å². The molecule has 0 N–H and O–H groups in total. The molecule has 6 nitrogen and oxygen atoms in total. The summed E-state index contributed by atoms with van der Waals surface area (Å²) in [6.07, 6.45) is 2.58. The van der Waals surface area contributed by atoms with Crippen LogP contribution in [0, 0.1) is 13.8 Å². The summed E-state index contributed by atoms with van der Waals surface area (Å²) < 4.78 is 9.64. The minimum atomic E-state index is -0.00894. The van der Waals surface area contributed by atoms with Crippen molar-refractivity contribution in [3.8, 4) is 5.88 Å². The van der Waals surface area contributed by atoms with E-state index in [0.717, 1.165) is 23.5 Å². The number of carbonyl (C=O) groups is 1. The van der Waals surface area contributed by atoms with Gasteiger partial charge in [0.25, 0.3) is 5.91 Å². The van der Waals surface area contributed by atoms with Crippen molar-refractivity contribution < 1.29 is 9.53 Å². The standard InChI is InChI=1S/C14H16N4O2S/c1-9-3-4-12(15-7-9)20-11-5-6-18(8-11)14(19)13-10(2)16-17-21-13/h3-4,7,11H,5-6,8H2,1-2H3. The summed E-state index contributed by atoms with van der Waals surface area (Å²) in [4.78, 5) is 19.0. The van der Waals surface area contributed by atoms with Crippen LogP contribution in [-0.4, -0.2) is 44.6 Å². The van der Waals surface area contributed by atoms with Gasteiger partial charge in [-0.3, -0.25) is 4.79 Å². The predicted molar refractivity (Wildman–Crippen MR) is 78.6 cm³/mol. The first-order chi connectivity index (χ1) is 10.1. The quantitative estimate of drug-likeness (QED) is 0.865. The van der Waals surface area contributed by atoms with Crippen LogP contribution < -0.4 is 4.74 Å². The molecule has 0 aliphatic carbocycles.